The molecule has 0 spiro atoms. The average Bonchev–Trinajstić information content (AvgIpc) is 3.44. The second-order valence-electron chi connectivity index (χ2n) is 7.32. The van der Waals surface area contributed by atoms with Crippen LogP contribution in [0.1, 0.15) is 25.1 Å². The van der Waals surface area contributed by atoms with Crippen LogP contribution in [0.25, 0.3) is 21.8 Å². The summed E-state index contributed by atoms with van der Waals surface area (Å²) in [5, 5.41) is 10.5. The van der Waals surface area contributed by atoms with E-state index < -0.39 is 5.72 Å². The van der Waals surface area contributed by atoms with Crippen molar-refractivity contribution in [1.29, 1.82) is 0 Å². The van der Waals surface area contributed by atoms with Crippen LogP contribution in [-0.2, 0) is 21.8 Å². The van der Waals surface area contributed by atoms with E-state index in [4.69, 9.17) is 4.74 Å². The standard InChI is InChI=1S/C23H21N3O2S/c1-16(27)26-23(2,21-12-7-15-29-21)28-22(24-26)13-14-25-19-10-5-3-8-17(19)18-9-4-6-11-20(18)25/h3-12,15H,13-14H2,1-2H3/t23-/m0/s1. The van der Waals surface area contributed by atoms with E-state index in [-0.39, 0.29) is 5.91 Å². The molecule has 0 saturated heterocycles. The molecular weight excluding hydrogens is 382 g/mol. The van der Waals surface area contributed by atoms with Crippen LogP contribution in [0.5, 0.6) is 0 Å². The van der Waals surface area contributed by atoms with E-state index >= 15 is 0 Å². The number of hydrogen-bond donors (Lipinski definition) is 0. The van der Waals surface area contributed by atoms with Crippen LogP contribution < -0.4 is 0 Å². The highest BCUT2D eigenvalue weighted by atomic mass is 32.1. The molecule has 5 rings (SSSR count). The number of hydrogen-bond acceptors (Lipinski definition) is 4. The van der Waals surface area contributed by atoms with Gasteiger partial charge in [0, 0.05) is 48.6 Å². The topological polar surface area (TPSA) is 46.8 Å². The second kappa shape index (κ2) is 6.74. The zero-order valence-electron chi connectivity index (χ0n) is 16.3. The third kappa shape index (κ3) is 2.83. The van der Waals surface area contributed by atoms with Gasteiger partial charge in [-0.3, -0.25) is 4.79 Å². The predicted octanol–water partition coefficient (Wildman–Crippen LogP) is 5.31. The number of aryl methyl sites for hydroxylation is 1. The van der Waals surface area contributed by atoms with Crippen LogP contribution in [0.4, 0.5) is 0 Å². The Kier molecular flexibility index (Phi) is 4.17. The number of carbonyl (C=O) groups is 1. The minimum absolute atomic E-state index is 0.132. The highest BCUT2D eigenvalue weighted by Crippen LogP contribution is 2.38. The number of benzene rings is 2. The van der Waals surface area contributed by atoms with Crippen LogP contribution in [0.15, 0.2) is 71.1 Å². The van der Waals surface area contributed by atoms with Crippen molar-refractivity contribution in [3.63, 3.8) is 0 Å². The molecule has 3 heterocycles. The lowest BCUT2D eigenvalue weighted by Crippen LogP contribution is -2.40. The first-order valence-corrected chi connectivity index (χ1v) is 10.5. The van der Waals surface area contributed by atoms with Crippen LogP contribution in [0.3, 0.4) is 0 Å². The van der Waals surface area contributed by atoms with Crippen LogP contribution in [0, 0.1) is 0 Å². The van der Waals surface area contributed by atoms with Gasteiger partial charge in [0.1, 0.15) is 0 Å². The molecule has 146 valence electrons. The average molecular weight is 404 g/mol. The van der Waals surface area contributed by atoms with E-state index in [2.05, 4.69) is 58.2 Å². The summed E-state index contributed by atoms with van der Waals surface area (Å²) >= 11 is 1.56. The molecule has 0 fully saturated rings. The van der Waals surface area contributed by atoms with Crippen LogP contribution >= 0.6 is 11.3 Å². The Balaban J connectivity index is 1.48. The number of carbonyl (C=O) groups excluding carboxylic acids is 1. The summed E-state index contributed by atoms with van der Waals surface area (Å²) in [5.74, 6) is 0.450. The minimum Gasteiger partial charge on any atom is -0.446 e. The van der Waals surface area contributed by atoms with E-state index in [1.54, 1.807) is 11.3 Å². The molecule has 2 aromatic carbocycles. The molecule has 1 amide bonds. The van der Waals surface area contributed by atoms with Crippen molar-refractivity contribution >= 4 is 44.9 Å². The fourth-order valence-corrected chi connectivity index (χ4v) is 4.93. The molecule has 1 aliphatic rings. The maximum atomic E-state index is 12.2. The number of ether oxygens (including phenoxy) is 1. The molecule has 5 nitrogen and oxygen atoms in total. The maximum absolute atomic E-state index is 12.2. The summed E-state index contributed by atoms with van der Waals surface area (Å²) in [5.41, 5.74) is 1.50. The molecule has 0 saturated carbocycles. The summed E-state index contributed by atoms with van der Waals surface area (Å²) in [6.07, 6.45) is 0.605. The van der Waals surface area contributed by atoms with Gasteiger partial charge in [-0.1, -0.05) is 42.5 Å². The summed E-state index contributed by atoms with van der Waals surface area (Å²) in [4.78, 5) is 13.2. The van der Waals surface area contributed by atoms with Crippen molar-refractivity contribution in [2.75, 3.05) is 0 Å². The largest absolute Gasteiger partial charge is 0.446 e. The Labute approximate surface area is 172 Å². The number of para-hydroxylation sites is 2. The Hall–Kier alpha value is -3.12. The molecule has 29 heavy (non-hydrogen) atoms. The molecule has 6 heteroatoms. The van der Waals surface area contributed by atoms with E-state index in [0.29, 0.717) is 12.3 Å². The number of fused-ring (bicyclic) bond motifs is 3. The van der Waals surface area contributed by atoms with Crippen molar-refractivity contribution in [2.24, 2.45) is 5.10 Å². The normalized spacial score (nSPS) is 19.0. The molecule has 0 aliphatic carbocycles. The van der Waals surface area contributed by atoms with Crippen molar-refractivity contribution in [2.45, 2.75) is 32.5 Å². The molecule has 0 bridgehead atoms. The van der Waals surface area contributed by atoms with E-state index in [0.717, 1.165) is 11.4 Å². The Morgan fingerprint density at radius 1 is 1.03 bits per heavy atom. The third-order valence-electron chi connectivity index (χ3n) is 5.44. The molecule has 0 radical (unpaired) electrons. The maximum Gasteiger partial charge on any atom is 0.243 e. The number of amides is 1. The van der Waals surface area contributed by atoms with E-state index in [9.17, 15) is 4.79 Å². The summed E-state index contributed by atoms with van der Waals surface area (Å²) in [6, 6.07) is 20.8. The number of rotatable bonds is 4. The molecule has 0 unspecified atom stereocenters. The fraction of sp³-hybridized carbons (Fsp3) is 0.217. The lowest BCUT2D eigenvalue weighted by molar-refractivity contribution is -0.145. The predicted molar refractivity (Wildman–Crippen MR) is 117 cm³/mol. The number of nitrogens with zero attached hydrogens (tertiary/aromatic N) is 3. The lowest BCUT2D eigenvalue weighted by atomic mass is 10.2. The number of aromatic nitrogens is 1. The third-order valence-corrected chi connectivity index (χ3v) is 6.50. The van der Waals surface area contributed by atoms with Crippen LogP contribution in [-0.4, -0.2) is 21.4 Å². The molecular formula is C23H21N3O2S. The number of thiophene rings is 1. The van der Waals surface area contributed by atoms with Gasteiger partial charge in [0.25, 0.3) is 0 Å². The zero-order valence-corrected chi connectivity index (χ0v) is 17.1. The molecule has 1 atom stereocenters. The van der Waals surface area contributed by atoms with Gasteiger partial charge in [0.15, 0.2) is 0 Å². The lowest BCUT2D eigenvalue weighted by Gasteiger charge is -2.29. The van der Waals surface area contributed by atoms with Crippen LogP contribution in [0.2, 0.25) is 0 Å². The SMILES string of the molecule is CC(=O)N1N=C(CCn2c3ccccc3c3ccccc32)O[C@@]1(C)c1cccs1. The Morgan fingerprint density at radius 3 is 2.28 bits per heavy atom. The zero-order chi connectivity index (χ0) is 20.0. The molecule has 1 aliphatic heterocycles. The Bertz CT molecular complexity index is 1190. The summed E-state index contributed by atoms with van der Waals surface area (Å²) < 4.78 is 8.54. The molecule has 4 aromatic rings. The van der Waals surface area contributed by atoms with E-state index in [1.165, 1.54) is 33.7 Å². The van der Waals surface area contributed by atoms with Gasteiger partial charge in [-0.05, 0) is 23.6 Å². The smallest absolute Gasteiger partial charge is 0.243 e. The van der Waals surface area contributed by atoms with Gasteiger partial charge in [-0.2, -0.15) is 5.01 Å². The first-order chi connectivity index (χ1) is 14.1. The number of hydrazone groups is 1. The van der Waals surface area contributed by atoms with Gasteiger partial charge in [0.05, 0.1) is 4.88 Å². The first kappa shape index (κ1) is 17.9. The first-order valence-electron chi connectivity index (χ1n) is 9.65. The monoisotopic (exact) mass is 403 g/mol. The second-order valence-corrected chi connectivity index (χ2v) is 8.27. The summed E-state index contributed by atoms with van der Waals surface area (Å²) in [6.45, 7) is 4.14. The molecule has 0 N–H and O–H groups in total. The summed E-state index contributed by atoms with van der Waals surface area (Å²) in [7, 11) is 0. The fourth-order valence-electron chi connectivity index (χ4n) is 4.12. The van der Waals surface area contributed by atoms with Crippen molar-refractivity contribution in [1.82, 2.24) is 9.58 Å². The molecule has 2 aromatic heterocycles. The quantitative estimate of drug-likeness (QED) is 0.463. The van der Waals surface area contributed by atoms with E-state index in [1.807, 2.05) is 24.4 Å². The van der Waals surface area contributed by atoms with Gasteiger partial charge in [0.2, 0.25) is 17.5 Å². The van der Waals surface area contributed by atoms with Crippen molar-refractivity contribution in [3.05, 3.63) is 70.9 Å². The van der Waals surface area contributed by atoms with Crippen molar-refractivity contribution in [3.8, 4) is 0 Å². The Morgan fingerprint density at radius 2 is 1.69 bits per heavy atom. The van der Waals surface area contributed by atoms with Crippen molar-refractivity contribution < 1.29 is 9.53 Å². The minimum atomic E-state index is -0.879. The highest BCUT2D eigenvalue weighted by molar-refractivity contribution is 7.10. The van der Waals surface area contributed by atoms with Gasteiger partial charge in [-0.15, -0.1) is 16.4 Å². The van der Waals surface area contributed by atoms with Gasteiger partial charge >= 0.3 is 0 Å². The van der Waals surface area contributed by atoms with Gasteiger partial charge < -0.3 is 9.30 Å². The van der Waals surface area contributed by atoms with Gasteiger partial charge in [-0.25, -0.2) is 0 Å². The highest BCUT2D eigenvalue weighted by Gasteiger charge is 2.45.